The van der Waals surface area contributed by atoms with Crippen molar-refractivity contribution in [3.05, 3.63) is 54.1 Å². The number of carbonyl (C=O) groups excluding carboxylic acids is 2. The van der Waals surface area contributed by atoms with E-state index in [1.54, 1.807) is 49.6 Å². The number of methoxy groups -OCH3 is 1. The molecule has 0 aromatic heterocycles. The third-order valence-corrected chi connectivity index (χ3v) is 4.31. The number of phenols is 1. The first-order valence-electron chi connectivity index (χ1n) is 8.14. The number of nitrogens with one attached hydrogen (secondary N) is 1. The highest BCUT2D eigenvalue weighted by Crippen LogP contribution is 2.25. The van der Waals surface area contributed by atoms with Crippen LogP contribution in [-0.4, -0.2) is 41.5 Å². The number of benzene rings is 2. The molecule has 1 atom stereocenters. The van der Waals surface area contributed by atoms with Crippen molar-refractivity contribution in [1.29, 1.82) is 0 Å². The van der Waals surface area contributed by atoms with Crippen LogP contribution in [-0.2, 0) is 4.79 Å². The Morgan fingerprint density at radius 3 is 2.56 bits per heavy atom. The first-order valence-corrected chi connectivity index (χ1v) is 8.14. The maximum atomic E-state index is 12.7. The summed E-state index contributed by atoms with van der Waals surface area (Å²) in [6.07, 6.45) is 1.35. The average Bonchev–Trinajstić information content (AvgIpc) is 3.12. The molecule has 6 nitrogen and oxygen atoms in total. The van der Waals surface area contributed by atoms with E-state index in [1.165, 1.54) is 11.0 Å². The van der Waals surface area contributed by atoms with Gasteiger partial charge in [-0.1, -0.05) is 12.1 Å². The van der Waals surface area contributed by atoms with E-state index in [1.807, 2.05) is 0 Å². The first-order chi connectivity index (χ1) is 12.1. The minimum absolute atomic E-state index is 0.0753. The fourth-order valence-corrected chi connectivity index (χ4v) is 2.99. The van der Waals surface area contributed by atoms with Gasteiger partial charge in [-0.3, -0.25) is 9.59 Å². The van der Waals surface area contributed by atoms with Gasteiger partial charge < -0.3 is 20.1 Å². The van der Waals surface area contributed by atoms with Crippen molar-refractivity contribution in [2.45, 2.75) is 18.9 Å². The molecule has 0 bridgehead atoms. The quantitative estimate of drug-likeness (QED) is 0.897. The summed E-state index contributed by atoms with van der Waals surface area (Å²) >= 11 is 0. The fourth-order valence-electron chi connectivity index (χ4n) is 2.99. The minimum Gasteiger partial charge on any atom is -0.507 e. The number of hydrogen-bond donors (Lipinski definition) is 2. The molecule has 2 aromatic carbocycles. The molecule has 0 spiro atoms. The van der Waals surface area contributed by atoms with Crippen molar-refractivity contribution < 1.29 is 19.4 Å². The van der Waals surface area contributed by atoms with Gasteiger partial charge in [0.1, 0.15) is 17.5 Å². The van der Waals surface area contributed by atoms with Gasteiger partial charge in [0.25, 0.3) is 5.91 Å². The lowest BCUT2D eigenvalue weighted by atomic mass is 10.1. The van der Waals surface area contributed by atoms with Gasteiger partial charge in [0.15, 0.2) is 0 Å². The van der Waals surface area contributed by atoms with Crippen molar-refractivity contribution in [2.75, 3.05) is 19.0 Å². The van der Waals surface area contributed by atoms with Gasteiger partial charge in [0, 0.05) is 12.2 Å². The molecule has 2 N–H and O–H groups in total. The topological polar surface area (TPSA) is 78.9 Å². The molecule has 1 aliphatic rings. The Hall–Kier alpha value is -3.02. The highest BCUT2D eigenvalue weighted by Gasteiger charge is 2.35. The van der Waals surface area contributed by atoms with Gasteiger partial charge in [-0.25, -0.2) is 0 Å². The molecule has 1 heterocycles. The van der Waals surface area contributed by atoms with E-state index in [2.05, 4.69) is 5.32 Å². The number of para-hydroxylation sites is 1. The molecule has 1 unspecified atom stereocenters. The Kier molecular flexibility index (Phi) is 4.88. The highest BCUT2D eigenvalue weighted by atomic mass is 16.5. The number of nitrogens with zero attached hydrogens (tertiary/aromatic N) is 1. The third kappa shape index (κ3) is 3.57. The van der Waals surface area contributed by atoms with E-state index < -0.39 is 6.04 Å². The van der Waals surface area contributed by atoms with Crippen molar-refractivity contribution in [2.24, 2.45) is 0 Å². The molecule has 25 heavy (non-hydrogen) atoms. The zero-order valence-corrected chi connectivity index (χ0v) is 13.9. The van der Waals surface area contributed by atoms with Gasteiger partial charge in [-0.2, -0.15) is 0 Å². The lowest BCUT2D eigenvalue weighted by molar-refractivity contribution is -0.119. The largest absolute Gasteiger partial charge is 0.507 e. The van der Waals surface area contributed by atoms with Gasteiger partial charge in [-0.15, -0.1) is 0 Å². The highest BCUT2D eigenvalue weighted by molar-refractivity contribution is 6.02. The maximum Gasteiger partial charge on any atom is 0.258 e. The van der Waals surface area contributed by atoms with Crippen LogP contribution in [0.15, 0.2) is 48.5 Å². The Balaban J connectivity index is 1.73. The lowest BCUT2D eigenvalue weighted by Gasteiger charge is -2.24. The molecule has 1 fully saturated rings. The number of likely N-dealkylation sites (tertiary alicyclic amines) is 1. The molecular formula is C19H20N2O4. The summed E-state index contributed by atoms with van der Waals surface area (Å²) in [4.78, 5) is 26.8. The van der Waals surface area contributed by atoms with Crippen LogP contribution in [0.25, 0.3) is 0 Å². The fraction of sp³-hybridized carbons (Fsp3) is 0.263. The van der Waals surface area contributed by atoms with E-state index in [0.29, 0.717) is 24.4 Å². The Labute approximate surface area is 146 Å². The predicted octanol–water partition coefficient (Wildman–Crippen LogP) is 2.64. The molecule has 2 aromatic rings. The van der Waals surface area contributed by atoms with E-state index >= 15 is 0 Å². The molecular weight excluding hydrogens is 320 g/mol. The number of hydrogen-bond acceptors (Lipinski definition) is 4. The van der Waals surface area contributed by atoms with E-state index in [9.17, 15) is 14.7 Å². The van der Waals surface area contributed by atoms with Crippen molar-refractivity contribution in [1.82, 2.24) is 4.90 Å². The molecule has 130 valence electrons. The zero-order valence-electron chi connectivity index (χ0n) is 13.9. The monoisotopic (exact) mass is 340 g/mol. The standard InChI is InChI=1S/C19H20N2O4/c1-25-14-10-8-13(9-11-14)20-18(23)16-6-4-12-21(16)19(24)15-5-2-3-7-17(15)22/h2-3,5,7-11,16,22H,4,6,12H2,1H3,(H,20,23). The Morgan fingerprint density at radius 2 is 1.88 bits per heavy atom. The normalized spacial score (nSPS) is 16.5. The number of phenolic OH excluding ortho intramolecular Hbond substituents is 1. The Morgan fingerprint density at radius 1 is 1.16 bits per heavy atom. The molecule has 0 saturated carbocycles. The number of rotatable bonds is 4. The van der Waals surface area contributed by atoms with Crippen molar-refractivity contribution in [3.8, 4) is 11.5 Å². The molecule has 3 rings (SSSR count). The Bertz CT molecular complexity index is 773. The lowest BCUT2D eigenvalue weighted by Crippen LogP contribution is -2.43. The van der Waals surface area contributed by atoms with Crippen LogP contribution in [0.4, 0.5) is 5.69 Å². The summed E-state index contributed by atoms with van der Waals surface area (Å²) in [5, 5.41) is 12.7. The molecule has 0 radical (unpaired) electrons. The average molecular weight is 340 g/mol. The van der Waals surface area contributed by atoms with Crippen LogP contribution >= 0.6 is 0 Å². The number of carbonyl (C=O) groups is 2. The molecule has 1 saturated heterocycles. The predicted molar refractivity (Wildman–Crippen MR) is 93.8 cm³/mol. The summed E-state index contributed by atoms with van der Waals surface area (Å²) in [7, 11) is 1.58. The van der Waals surface area contributed by atoms with Gasteiger partial charge in [0.2, 0.25) is 5.91 Å². The van der Waals surface area contributed by atoms with Crippen LogP contribution < -0.4 is 10.1 Å². The summed E-state index contributed by atoms with van der Waals surface area (Å²) < 4.78 is 5.09. The minimum atomic E-state index is -0.547. The molecule has 6 heteroatoms. The van der Waals surface area contributed by atoms with Crippen LogP contribution in [0.2, 0.25) is 0 Å². The van der Waals surface area contributed by atoms with Crippen LogP contribution in [0.3, 0.4) is 0 Å². The van der Waals surface area contributed by atoms with Crippen LogP contribution in [0.5, 0.6) is 11.5 Å². The number of anilines is 1. The second-order valence-electron chi connectivity index (χ2n) is 5.89. The summed E-state index contributed by atoms with van der Waals surface area (Å²) in [6.45, 7) is 0.494. The second kappa shape index (κ2) is 7.25. The molecule has 0 aliphatic carbocycles. The van der Waals surface area contributed by atoms with Crippen molar-refractivity contribution in [3.63, 3.8) is 0 Å². The number of ether oxygens (including phenoxy) is 1. The van der Waals surface area contributed by atoms with Gasteiger partial charge in [0.05, 0.1) is 12.7 Å². The van der Waals surface area contributed by atoms with Crippen LogP contribution in [0, 0.1) is 0 Å². The van der Waals surface area contributed by atoms with E-state index in [4.69, 9.17) is 4.74 Å². The van der Waals surface area contributed by atoms with Gasteiger partial charge in [-0.05, 0) is 49.2 Å². The molecule has 2 amide bonds. The number of amides is 2. The second-order valence-corrected chi connectivity index (χ2v) is 5.89. The third-order valence-electron chi connectivity index (χ3n) is 4.31. The van der Waals surface area contributed by atoms with E-state index in [0.717, 1.165) is 6.42 Å². The zero-order chi connectivity index (χ0) is 17.8. The smallest absolute Gasteiger partial charge is 0.258 e. The molecule has 1 aliphatic heterocycles. The first kappa shape index (κ1) is 16.8. The summed E-state index contributed by atoms with van der Waals surface area (Å²) in [5.41, 5.74) is 0.860. The van der Waals surface area contributed by atoms with Gasteiger partial charge >= 0.3 is 0 Å². The number of aromatic hydroxyl groups is 1. The summed E-state index contributed by atoms with van der Waals surface area (Å²) in [5.74, 6) is 0.0702. The maximum absolute atomic E-state index is 12.7. The van der Waals surface area contributed by atoms with E-state index in [-0.39, 0.29) is 23.1 Å². The van der Waals surface area contributed by atoms with Crippen molar-refractivity contribution >= 4 is 17.5 Å². The SMILES string of the molecule is COc1ccc(NC(=O)C2CCCN2C(=O)c2ccccc2O)cc1. The summed E-state index contributed by atoms with van der Waals surface area (Å²) in [6, 6.07) is 12.9. The van der Waals surface area contributed by atoms with Crippen LogP contribution in [0.1, 0.15) is 23.2 Å².